The van der Waals surface area contributed by atoms with Gasteiger partial charge in [-0.3, -0.25) is 4.79 Å². The summed E-state index contributed by atoms with van der Waals surface area (Å²) in [5.74, 6) is 0.0821. The molecular weight excluding hydrogens is 210 g/mol. The molecule has 0 radical (unpaired) electrons. The fraction of sp³-hybridized carbons (Fsp3) is 0.400. The van der Waals surface area contributed by atoms with E-state index in [2.05, 4.69) is 19.1 Å². The zero-order valence-corrected chi connectivity index (χ0v) is 11.9. The fourth-order valence-electron chi connectivity index (χ4n) is 0.788. The Kier molecular flexibility index (Phi) is 13.1. The maximum absolute atomic E-state index is 10.2. The van der Waals surface area contributed by atoms with Gasteiger partial charge < -0.3 is 4.90 Å². The van der Waals surface area contributed by atoms with Gasteiger partial charge in [-0.25, -0.2) is 0 Å². The Morgan fingerprint density at radius 2 is 1.59 bits per heavy atom. The third kappa shape index (κ3) is 17.1. The summed E-state index contributed by atoms with van der Waals surface area (Å²) in [4.78, 5) is 12.1. The molecular formula is C15H25NO. The molecule has 0 N–H and O–H groups in total. The van der Waals surface area contributed by atoms with Crippen LogP contribution in [-0.4, -0.2) is 24.8 Å². The Morgan fingerprint density at radius 1 is 1.12 bits per heavy atom. The second-order valence-corrected chi connectivity index (χ2v) is 3.54. The van der Waals surface area contributed by atoms with Crippen LogP contribution in [0.2, 0.25) is 0 Å². The lowest BCUT2D eigenvalue weighted by Crippen LogP contribution is -2.01. The SMILES string of the molecule is CC.CC(=O)/C=C/N(C)C.Cc1ccccc1. The van der Waals surface area contributed by atoms with Gasteiger partial charge in [0.2, 0.25) is 0 Å². The van der Waals surface area contributed by atoms with Crippen LogP contribution in [-0.2, 0) is 4.79 Å². The van der Waals surface area contributed by atoms with Gasteiger partial charge in [-0.05, 0) is 19.9 Å². The summed E-state index contributed by atoms with van der Waals surface area (Å²) in [5.41, 5.74) is 1.32. The predicted octanol–water partition coefficient (Wildman–Crippen LogP) is 3.67. The van der Waals surface area contributed by atoms with E-state index in [1.54, 1.807) is 6.20 Å². The third-order valence-electron chi connectivity index (χ3n) is 1.55. The molecule has 0 aliphatic carbocycles. The van der Waals surface area contributed by atoms with Gasteiger partial charge in [-0.1, -0.05) is 49.7 Å². The molecule has 0 saturated heterocycles. The largest absolute Gasteiger partial charge is 0.383 e. The van der Waals surface area contributed by atoms with E-state index < -0.39 is 0 Å². The quantitative estimate of drug-likeness (QED) is 0.729. The fourth-order valence-corrected chi connectivity index (χ4v) is 0.788. The van der Waals surface area contributed by atoms with Crippen molar-refractivity contribution in [1.82, 2.24) is 4.90 Å². The minimum atomic E-state index is 0.0821. The van der Waals surface area contributed by atoms with Crippen molar-refractivity contribution in [2.24, 2.45) is 0 Å². The summed E-state index contributed by atoms with van der Waals surface area (Å²) >= 11 is 0. The number of rotatable bonds is 2. The molecule has 1 aromatic rings. The van der Waals surface area contributed by atoms with Gasteiger partial charge >= 0.3 is 0 Å². The number of carbonyl (C=O) groups is 1. The molecule has 0 aliphatic heterocycles. The summed E-state index contributed by atoms with van der Waals surface area (Å²) in [6.45, 7) is 7.61. The van der Waals surface area contributed by atoms with Crippen LogP contribution in [0.4, 0.5) is 0 Å². The molecule has 0 bridgehead atoms. The number of benzene rings is 1. The van der Waals surface area contributed by atoms with E-state index in [4.69, 9.17) is 0 Å². The summed E-state index contributed by atoms with van der Waals surface area (Å²) in [6, 6.07) is 10.3. The number of nitrogens with zero attached hydrogens (tertiary/aromatic N) is 1. The molecule has 0 saturated carbocycles. The van der Waals surface area contributed by atoms with Crippen LogP contribution in [0.1, 0.15) is 26.3 Å². The van der Waals surface area contributed by atoms with Crippen molar-refractivity contribution in [2.45, 2.75) is 27.7 Å². The van der Waals surface area contributed by atoms with Crippen LogP contribution in [0.3, 0.4) is 0 Å². The number of allylic oxidation sites excluding steroid dienone is 1. The van der Waals surface area contributed by atoms with E-state index in [1.165, 1.54) is 18.6 Å². The van der Waals surface area contributed by atoms with Crippen LogP contribution in [0.15, 0.2) is 42.6 Å². The van der Waals surface area contributed by atoms with Crippen LogP contribution < -0.4 is 0 Å². The number of carbonyl (C=O) groups excluding carboxylic acids is 1. The molecule has 0 unspecified atom stereocenters. The molecule has 0 aromatic heterocycles. The van der Waals surface area contributed by atoms with Crippen molar-refractivity contribution >= 4 is 5.78 Å². The van der Waals surface area contributed by atoms with Gasteiger partial charge in [0.15, 0.2) is 5.78 Å². The molecule has 0 heterocycles. The average Bonchev–Trinajstić information content (AvgIpc) is 2.31. The molecule has 2 heteroatoms. The maximum atomic E-state index is 10.2. The zero-order valence-electron chi connectivity index (χ0n) is 11.9. The lowest BCUT2D eigenvalue weighted by molar-refractivity contribution is -0.112. The highest BCUT2D eigenvalue weighted by molar-refractivity contribution is 5.87. The minimum Gasteiger partial charge on any atom is -0.383 e. The zero-order chi connectivity index (χ0) is 13.7. The van der Waals surface area contributed by atoms with E-state index in [0.717, 1.165) is 0 Å². The topological polar surface area (TPSA) is 20.3 Å². The summed E-state index contributed by atoms with van der Waals surface area (Å²) in [7, 11) is 3.75. The Balaban J connectivity index is 0. The van der Waals surface area contributed by atoms with Gasteiger partial charge in [0, 0.05) is 20.3 Å². The van der Waals surface area contributed by atoms with Crippen molar-refractivity contribution in [2.75, 3.05) is 14.1 Å². The van der Waals surface area contributed by atoms with E-state index in [0.29, 0.717) is 0 Å². The highest BCUT2D eigenvalue weighted by atomic mass is 16.1. The molecule has 0 aliphatic rings. The lowest BCUT2D eigenvalue weighted by atomic mass is 10.2. The molecule has 0 amide bonds. The Morgan fingerprint density at radius 3 is 1.76 bits per heavy atom. The van der Waals surface area contributed by atoms with Crippen molar-refractivity contribution in [3.8, 4) is 0 Å². The molecule has 0 spiro atoms. The van der Waals surface area contributed by atoms with Gasteiger partial charge in [-0.2, -0.15) is 0 Å². The number of aryl methyl sites for hydroxylation is 1. The first kappa shape index (κ1) is 17.8. The Bertz CT molecular complexity index is 302. The minimum absolute atomic E-state index is 0.0821. The maximum Gasteiger partial charge on any atom is 0.154 e. The van der Waals surface area contributed by atoms with E-state index in [9.17, 15) is 4.79 Å². The molecule has 0 fully saturated rings. The van der Waals surface area contributed by atoms with Crippen molar-refractivity contribution in [1.29, 1.82) is 0 Å². The first-order chi connectivity index (χ1) is 8.02. The van der Waals surface area contributed by atoms with Crippen molar-refractivity contribution in [3.63, 3.8) is 0 Å². The monoisotopic (exact) mass is 235 g/mol. The van der Waals surface area contributed by atoms with Crippen molar-refractivity contribution < 1.29 is 4.79 Å². The summed E-state index contributed by atoms with van der Waals surface area (Å²) in [5, 5.41) is 0. The predicted molar refractivity (Wildman–Crippen MR) is 76.0 cm³/mol. The second-order valence-electron chi connectivity index (χ2n) is 3.54. The smallest absolute Gasteiger partial charge is 0.154 e. The average molecular weight is 235 g/mol. The molecule has 1 aromatic carbocycles. The first-order valence-corrected chi connectivity index (χ1v) is 5.89. The summed E-state index contributed by atoms with van der Waals surface area (Å²) < 4.78 is 0. The molecule has 1 rings (SSSR count). The Hall–Kier alpha value is -1.57. The van der Waals surface area contributed by atoms with Crippen molar-refractivity contribution in [3.05, 3.63) is 48.2 Å². The van der Waals surface area contributed by atoms with Crippen LogP contribution in [0.25, 0.3) is 0 Å². The number of hydrogen-bond acceptors (Lipinski definition) is 2. The molecule has 0 atom stereocenters. The van der Waals surface area contributed by atoms with E-state index >= 15 is 0 Å². The molecule has 2 nitrogen and oxygen atoms in total. The molecule has 17 heavy (non-hydrogen) atoms. The number of ketones is 1. The van der Waals surface area contributed by atoms with Gasteiger partial charge in [-0.15, -0.1) is 0 Å². The third-order valence-corrected chi connectivity index (χ3v) is 1.55. The number of hydrogen-bond donors (Lipinski definition) is 0. The van der Waals surface area contributed by atoms with Gasteiger partial charge in [0.05, 0.1) is 0 Å². The van der Waals surface area contributed by atoms with E-state index in [-0.39, 0.29) is 5.78 Å². The first-order valence-electron chi connectivity index (χ1n) is 5.89. The van der Waals surface area contributed by atoms with Crippen LogP contribution >= 0.6 is 0 Å². The van der Waals surface area contributed by atoms with Crippen LogP contribution in [0, 0.1) is 6.92 Å². The normalized spacial score (nSPS) is 8.59. The van der Waals surface area contributed by atoms with Gasteiger partial charge in [0.25, 0.3) is 0 Å². The highest BCUT2D eigenvalue weighted by Crippen LogP contribution is 1.92. The van der Waals surface area contributed by atoms with Crippen LogP contribution in [0.5, 0.6) is 0 Å². The standard InChI is InChI=1S/C7H8.C6H11NO.C2H6/c1-7-5-3-2-4-6-7;1-6(8)4-5-7(2)3;1-2/h2-6H,1H3;4-5H,1-3H3;1-2H3/b;5-4+;. The second kappa shape index (κ2) is 12.5. The molecule has 96 valence electrons. The Labute approximate surface area is 106 Å². The van der Waals surface area contributed by atoms with Gasteiger partial charge in [0.1, 0.15) is 0 Å². The lowest BCUT2D eigenvalue weighted by Gasteiger charge is -2.00. The highest BCUT2D eigenvalue weighted by Gasteiger charge is 1.79. The summed E-state index contributed by atoms with van der Waals surface area (Å²) in [6.07, 6.45) is 3.25. The van der Waals surface area contributed by atoms with E-state index in [1.807, 2.05) is 51.0 Å².